The first-order chi connectivity index (χ1) is 17.6. The van der Waals surface area contributed by atoms with Crippen LogP contribution in [0.3, 0.4) is 0 Å². The first-order valence-corrected chi connectivity index (χ1v) is 13.7. The Balaban J connectivity index is 1.41. The maximum Gasteiger partial charge on any atom is 0.348 e. The molecule has 0 spiro atoms. The lowest BCUT2D eigenvalue weighted by molar-refractivity contribution is -0.113. The van der Waals surface area contributed by atoms with E-state index in [0.717, 1.165) is 76.2 Å². The SMILES string of the molecule is CCOC(=O)c1ccccc1NC(=O)CSc1nc(=O)n(CCCN2CCOCC2)c2c1CCCC2. The molecule has 1 amide bonds. The van der Waals surface area contributed by atoms with Crippen LogP contribution in [0.15, 0.2) is 34.1 Å². The van der Waals surface area contributed by atoms with E-state index < -0.39 is 5.97 Å². The highest BCUT2D eigenvalue weighted by molar-refractivity contribution is 8.00. The highest BCUT2D eigenvalue weighted by Crippen LogP contribution is 2.29. The Morgan fingerprint density at radius 2 is 1.92 bits per heavy atom. The van der Waals surface area contributed by atoms with Crippen LogP contribution in [0.1, 0.15) is 47.8 Å². The first-order valence-electron chi connectivity index (χ1n) is 12.7. The van der Waals surface area contributed by atoms with E-state index in [-0.39, 0.29) is 24.0 Å². The lowest BCUT2D eigenvalue weighted by Crippen LogP contribution is -2.38. The number of carbonyl (C=O) groups excluding carboxylic acids is 2. The number of fused-ring (bicyclic) bond motifs is 1. The van der Waals surface area contributed by atoms with E-state index in [0.29, 0.717) is 22.8 Å². The lowest BCUT2D eigenvalue weighted by atomic mass is 9.97. The van der Waals surface area contributed by atoms with Crippen molar-refractivity contribution in [2.75, 3.05) is 50.5 Å². The average molecular weight is 515 g/mol. The monoisotopic (exact) mass is 514 g/mol. The molecule has 9 nitrogen and oxygen atoms in total. The van der Waals surface area contributed by atoms with E-state index >= 15 is 0 Å². The van der Waals surface area contributed by atoms with E-state index in [1.54, 1.807) is 31.2 Å². The van der Waals surface area contributed by atoms with E-state index in [2.05, 4.69) is 15.2 Å². The predicted octanol–water partition coefficient (Wildman–Crippen LogP) is 2.75. The van der Waals surface area contributed by atoms with Crippen molar-refractivity contribution in [3.8, 4) is 0 Å². The number of benzene rings is 1. The largest absolute Gasteiger partial charge is 0.462 e. The van der Waals surface area contributed by atoms with Crippen molar-refractivity contribution in [2.45, 2.75) is 50.6 Å². The topological polar surface area (TPSA) is 103 Å². The number of esters is 1. The lowest BCUT2D eigenvalue weighted by Gasteiger charge is -2.27. The molecule has 0 bridgehead atoms. The number of aromatic nitrogens is 2. The van der Waals surface area contributed by atoms with Crippen LogP contribution in [0.2, 0.25) is 0 Å². The number of ether oxygens (including phenoxy) is 2. The standard InChI is InChI=1S/C26H34N4O5S/c1-2-35-25(32)19-8-3-5-10-21(19)27-23(31)18-36-24-20-9-4-6-11-22(20)30(26(33)28-24)13-7-12-29-14-16-34-17-15-29/h3,5,8,10H,2,4,6-7,9,11-18H2,1H3,(H,27,31). The molecule has 10 heteroatoms. The van der Waals surface area contributed by atoms with Crippen LogP contribution < -0.4 is 11.0 Å². The van der Waals surface area contributed by atoms with Crippen molar-refractivity contribution in [1.82, 2.24) is 14.5 Å². The van der Waals surface area contributed by atoms with Gasteiger partial charge in [-0.2, -0.15) is 4.98 Å². The number of morpholine rings is 1. The molecule has 4 rings (SSSR count). The van der Waals surface area contributed by atoms with Gasteiger partial charge in [0.15, 0.2) is 0 Å². The molecule has 36 heavy (non-hydrogen) atoms. The number of thioether (sulfide) groups is 1. The third-order valence-electron chi connectivity index (χ3n) is 6.45. The molecule has 2 aromatic rings. The molecular formula is C26H34N4O5S. The van der Waals surface area contributed by atoms with Crippen LogP contribution in [0.4, 0.5) is 5.69 Å². The Hall–Kier alpha value is -2.69. The van der Waals surface area contributed by atoms with Gasteiger partial charge in [-0.3, -0.25) is 14.3 Å². The van der Waals surface area contributed by atoms with Gasteiger partial charge in [-0.15, -0.1) is 0 Å². The van der Waals surface area contributed by atoms with Crippen molar-refractivity contribution >= 4 is 29.3 Å². The minimum atomic E-state index is -0.478. The summed E-state index contributed by atoms with van der Waals surface area (Å²) in [6.45, 7) is 7.00. The van der Waals surface area contributed by atoms with Gasteiger partial charge in [0.1, 0.15) is 5.03 Å². The van der Waals surface area contributed by atoms with Crippen LogP contribution >= 0.6 is 11.8 Å². The van der Waals surface area contributed by atoms with Crippen LogP contribution in [0, 0.1) is 0 Å². The molecule has 0 radical (unpaired) electrons. The minimum absolute atomic E-state index is 0.0943. The molecule has 1 aromatic heterocycles. The molecule has 2 aliphatic rings. The quantitative estimate of drug-likeness (QED) is 0.293. The third-order valence-corrected chi connectivity index (χ3v) is 7.46. The van der Waals surface area contributed by atoms with Crippen molar-refractivity contribution in [3.05, 3.63) is 51.6 Å². The summed E-state index contributed by atoms with van der Waals surface area (Å²) in [5.74, 6) is -0.649. The smallest absolute Gasteiger partial charge is 0.348 e. The summed E-state index contributed by atoms with van der Waals surface area (Å²) in [7, 11) is 0. The summed E-state index contributed by atoms with van der Waals surface area (Å²) in [5, 5.41) is 3.45. The van der Waals surface area contributed by atoms with Gasteiger partial charge in [0.05, 0.1) is 36.8 Å². The molecule has 194 valence electrons. The fourth-order valence-corrected chi connectivity index (χ4v) is 5.55. The number of hydrogen-bond donors (Lipinski definition) is 1. The number of anilines is 1. The van der Waals surface area contributed by atoms with Gasteiger partial charge < -0.3 is 14.8 Å². The first kappa shape index (κ1) is 26.4. The van der Waals surface area contributed by atoms with E-state index in [4.69, 9.17) is 9.47 Å². The van der Waals surface area contributed by atoms with Gasteiger partial charge in [-0.1, -0.05) is 23.9 Å². The number of hydrogen-bond acceptors (Lipinski definition) is 8. The van der Waals surface area contributed by atoms with Gasteiger partial charge in [-0.05, 0) is 51.2 Å². The summed E-state index contributed by atoms with van der Waals surface area (Å²) in [6, 6.07) is 6.77. The Bertz CT molecular complexity index is 1130. The van der Waals surface area contributed by atoms with Crippen LogP contribution in [0.25, 0.3) is 0 Å². The molecule has 1 saturated heterocycles. The van der Waals surface area contributed by atoms with Gasteiger partial charge in [0, 0.05) is 37.4 Å². The second-order valence-electron chi connectivity index (χ2n) is 8.89. The summed E-state index contributed by atoms with van der Waals surface area (Å²) < 4.78 is 12.3. The molecule has 2 heterocycles. The Morgan fingerprint density at radius 3 is 2.72 bits per heavy atom. The van der Waals surface area contributed by atoms with Crippen LogP contribution in [-0.2, 0) is 33.7 Å². The maximum absolute atomic E-state index is 13.0. The van der Waals surface area contributed by atoms with Crippen LogP contribution in [0.5, 0.6) is 0 Å². The third kappa shape index (κ3) is 6.74. The molecule has 0 saturated carbocycles. The number of nitrogens with zero attached hydrogens (tertiary/aromatic N) is 3. The van der Waals surface area contributed by atoms with Gasteiger partial charge in [0.2, 0.25) is 5.91 Å². The van der Waals surface area contributed by atoms with Crippen molar-refractivity contribution in [3.63, 3.8) is 0 Å². The normalized spacial score (nSPS) is 15.8. The highest BCUT2D eigenvalue weighted by atomic mass is 32.2. The van der Waals surface area contributed by atoms with E-state index in [1.807, 2.05) is 4.57 Å². The van der Waals surface area contributed by atoms with E-state index in [9.17, 15) is 14.4 Å². The van der Waals surface area contributed by atoms with Gasteiger partial charge in [-0.25, -0.2) is 9.59 Å². The van der Waals surface area contributed by atoms with Crippen molar-refractivity contribution in [2.24, 2.45) is 0 Å². The summed E-state index contributed by atoms with van der Waals surface area (Å²) in [5.41, 5.74) is 2.64. The average Bonchev–Trinajstić information content (AvgIpc) is 2.90. The number of para-hydroxylation sites is 1. The number of carbonyl (C=O) groups is 2. The molecule has 1 N–H and O–H groups in total. The molecule has 1 fully saturated rings. The Labute approximate surface area is 215 Å². The minimum Gasteiger partial charge on any atom is -0.462 e. The second-order valence-corrected chi connectivity index (χ2v) is 9.86. The highest BCUT2D eigenvalue weighted by Gasteiger charge is 2.22. The molecule has 1 aliphatic carbocycles. The predicted molar refractivity (Wildman–Crippen MR) is 139 cm³/mol. The number of amides is 1. The zero-order valence-electron chi connectivity index (χ0n) is 20.8. The zero-order chi connectivity index (χ0) is 25.3. The number of rotatable bonds is 10. The summed E-state index contributed by atoms with van der Waals surface area (Å²) >= 11 is 1.28. The van der Waals surface area contributed by atoms with Crippen LogP contribution in [-0.4, -0.2) is 71.5 Å². The summed E-state index contributed by atoms with van der Waals surface area (Å²) in [4.78, 5) is 44.6. The second kappa shape index (κ2) is 13.0. The molecule has 1 aliphatic heterocycles. The molecule has 1 aromatic carbocycles. The number of nitrogens with one attached hydrogen (secondary N) is 1. The van der Waals surface area contributed by atoms with E-state index in [1.165, 1.54) is 11.8 Å². The van der Waals surface area contributed by atoms with Crippen molar-refractivity contribution in [1.29, 1.82) is 0 Å². The van der Waals surface area contributed by atoms with Gasteiger partial charge in [0.25, 0.3) is 0 Å². The maximum atomic E-state index is 13.0. The molecule has 0 unspecified atom stereocenters. The Kier molecular flexibility index (Phi) is 9.54. The van der Waals surface area contributed by atoms with Crippen molar-refractivity contribution < 1.29 is 19.1 Å². The molecule has 0 atom stereocenters. The molecular weight excluding hydrogens is 480 g/mol. The summed E-state index contributed by atoms with van der Waals surface area (Å²) in [6.07, 6.45) is 4.71. The fourth-order valence-electron chi connectivity index (χ4n) is 4.67. The fraction of sp³-hybridized carbons (Fsp3) is 0.538. The van der Waals surface area contributed by atoms with Gasteiger partial charge >= 0.3 is 11.7 Å². The zero-order valence-corrected chi connectivity index (χ0v) is 21.6. The Morgan fingerprint density at radius 1 is 1.14 bits per heavy atom.